The highest BCUT2D eigenvalue weighted by Gasteiger charge is 1.87. The maximum Gasteiger partial charge on any atom is 0.290 e. The Balaban J connectivity index is 0.000000151. The Bertz CT molecular complexity index is 451. The second-order valence-corrected chi connectivity index (χ2v) is 2.80. The van der Waals surface area contributed by atoms with Gasteiger partial charge in [0.25, 0.3) is 5.56 Å². The number of nitrogen functional groups attached to an aromatic ring is 1. The van der Waals surface area contributed by atoms with Gasteiger partial charge in [-0.05, 0) is 24.3 Å². The Morgan fingerprint density at radius 1 is 1.07 bits per heavy atom. The van der Waals surface area contributed by atoms with E-state index < -0.39 is 5.56 Å². The van der Waals surface area contributed by atoms with Crippen molar-refractivity contribution >= 4 is 5.69 Å². The molecule has 0 bridgehead atoms. The number of H-pyrrole nitrogens is 1. The van der Waals surface area contributed by atoms with Crippen molar-refractivity contribution in [3.63, 3.8) is 0 Å². The monoisotopic (exact) mass is 204 g/mol. The van der Waals surface area contributed by atoms with E-state index >= 15 is 0 Å². The molecule has 4 N–H and O–H groups in total. The molecule has 2 aromatic rings. The predicted octanol–water partition coefficient (Wildman–Crippen LogP) is 1.35. The highest BCUT2D eigenvalue weighted by Crippen LogP contribution is 1.95. The van der Waals surface area contributed by atoms with E-state index in [-0.39, 0.29) is 5.75 Å². The summed E-state index contributed by atoms with van der Waals surface area (Å²) in [5.74, 6) is -0.243. The molecule has 0 saturated carbocycles. The predicted molar refractivity (Wildman–Crippen MR) is 59.6 cm³/mol. The van der Waals surface area contributed by atoms with Gasteiger partial charge in [0.2, 0.25) is 0 Å². The summed E-state index contributed by atoms with van der Waals surface area (Å²) >= 11 is 0. The van der Waals surface area contributed by atoms with Gasteiger partial charge in [0.05, 0.1) is 0 Å². The number of aromatic nitrogens is 1. The first-order valence-corrected chi connectivity index (χ1v) is 4.37. The number of nitrogens with two attached hydrogens (primary N) is 1. The van der Waals surface area contributed by atoms with Gasteiger partial charge in [-0.3, -0.25) is 4.79 Å². The molecule has 0 fully saturated rings. The lowest BCUT2D eigenvalue weighted by Gasteiger charge is -1.83. The van der Waals surface area contributed by atoms with E-state index in [0.717, 1.165) is 5.69 Å². The maximum absolute atomic E-state index is 10.3. The van der Waals surface area contributed by atoms with Crippen molar-refractivity contribution < 1.29 is 5.11 Å². The van der Waals surface area contributed by atoms with Crippen molar-refractivity contribution in [1.82, 2.24) is 4.98 Å². The van der Waals surface area contributed by atoms with Crippen molar-refractivity contribution in [2.45, 2.75) is 0 Å². The van der Waals surface area contributed by atoms with Crippen molar-refractivity contribution in [3.8, 4) is 5.75 Å². The quantitative estimate of drug-likeness (QED) is 0.567. The van der Waals surface area contributed by atoms with E-state index in [9.17, 15) is 4.79 Å². The number of rotatable bonds is 0. The van der Waals surface area contributed by atoms with E-state index in [0.29, 0.717) is 0 Å². The average molecular weight is 204 g/mol. The number of aromatic hydroxyl groups is 1. The molecule has 1 heterocycles. The second kappa shape index (κ2) is 5.49. The molecule has 0 aliphatic heterocycles. The van der Waals surface area contributed by atoms with Gasteiger partial charge in [0, 0.05) is 11.9 Å². The molecule has 1 aromatic heterocycles. The standard InChI is InChI=1S/C6H7N.C5H5NO2/c7-6-4-2-1-3-5-6;7-4-2-1-3-6-5(4)8/h1-5H,7H2;1-3,7H,(H,6,8). The lowest BCUT2D eigenvalue weighted by Crippen LogP contribution is -2.01. The van der Waals surface area contributed by atoms with Gasteiger partial charge in [-0.25, -0.2) is 0 Å². The highest BCUT2D eigenvalue weighted by molar-refractivity contribution is 5.35. The first-order valence-electron chi connectivity index (χ1n) is 4.37. The molecule has 15 heavy (non-hydrogen) atoms. The smallest absolute Gasteiger partial charge is 0.290 e. The lowest BCUT2D eigenvalue weighted by molar-refractivity contribution is 0.466. The van der Waals surface area contributed by atoms with Gasteiger partial charge in [-0.2, -0.15) is 0 Å². The number of nitrogens with one attached hydrogen (secondary N) is 1. The molecule has 78 valence electrons. The van der Waals surface area contributed by atoms with Crippen LogP contribution >= 0.6 is 0 Å². The van der Waals surface area contributed by atoms with Crippen LogP contribution in [0.4, 0.5) is 5.69 Å². The first-order chi connectivity index (χ1) is 7.20. The number of hydrogen-bond acceptors (Lipinski definition) is 3. The SMILES string of the molecule is Nc1ccccc1.O=c1[nH]cccc1O. The van der Waals surface area contributed by atoms with Crippen LogP contribution in [0.25, 0.3) is 0 Å². The molecule has 0 aliphatic rings. The molecule has 0 aliphatic carbocycles. The van der Waals surface area contributed by atoms with Crippen LogP contribution in [-0.2, 0) is 0 Å². The van der Waals surface area contributed by atoms with Crippen LogP contribution < -0.4 is 11.3 Å². The van der Waals surface area contributed by atoms with E-state index in [1.807, 2.05) is 30.3 Å². The fourth-order valence-electron chi connectivity index (χ4n) is 0.866. The molecule has 4 nitrogen and oxygen atoms in total. The summed E-state index contributed by atoms with van der Waals surface area (Å²) in [4.78, 5) is 12.6. The van der Waals surface area contributed by atoms with Gasteiger partial charge in [-0.1, -0.05) is 18.2 Å². The molecule has 0 spiro atoms. The van der Waals surface area contributed by atoms with Crippen LogP contribution in [0.1, 0.15) is 0 Å². The molecule has 1 aromatic carbocycles. The van der Waals surface area contributed by atoms with Gasteiger partial charge in [0.1, 0.15) is 0 Å². The van der Waals surface area contributed by atoms with Crippen molar-refractivity contribution in [1.29, 1.82) is 0 Å². The zero-order valence-corrected chi connectivity index (χ0v) is 8.05. The second-order valence-electron chi connectivity index (χ2n) is 2.80. The maximum atomic E-state index is 10.3. The third-order valence-corrected chi connectivity index (χ3v) is 1.60. The van der Waals surface area contributed by atoms with Crippen LogP contribution in [0.3, 0.4) is 0 Å². The fourth-order valence-corrected chi connectivity index (χ4v) is 0.866. The third-order valence-electron chi connectivity index (χ3n) is 1.60. The Labute approximate surface area is 87.0 Å². The molecule has 0 atom stereocenters. The molecular weight excluding hydrogens is 192 g/mol. The van der Waals surface area contributed by atoms with Crippen molar-refractivity contribution in [2.75, 3.05) is 5.73 Å². The van der Waals surface area contributed by atoms with Gasteiger partial charge < -0.3 is 15.8 Å². The zero-order valence-electron chi connectivity index (χ0n) is 8.05. The summed E-state index contributed by atoms with van der Waals surface area (Å²) in [5.41, 5.74) is 5.73. The highest BCUT2D eigenvalue weighted by atomic mass is 16.3. The Morgan fingerprint density at radius 2 is 1.73 bits per heavy atom. The number of aromatic amines is 1. The number of benzene rings is 1. The summed E-state index contributed by atoms with van der Waals surface area (Å²) in [7, 11) is 0. The summed E-state index contributed by atoms with van der Waals surface area (Å²) in [5, 5.41) is 8.58. The van der Waals surface area contributed by atoms with Gasteiger partial charge in [0.15, 0.2) is 5.75 Å². The normalized spacial score (nSPS) is 8.80. The van der Waals surface area contributed by atoms with Crippen molar-refractivity contribution in [3.05, 3.63) is 59.0 Å². The molecule has 2 rings (SSSR count). The lowest BCUT2D eigenvalue weighted by atomic mass is 10.3. The first kappa shape index (κ1) is 10.8. The van der Waals surface area contributed by atoms with Gasteiger partial charge in [-0.15, -0.1) is 0 Å². The summed E-state index contributed by atoms with van der Waals surface area (Å²) < 4.78 is 0. The summed E-state index contributed by atoms with van der Waals surface area (Å²) in [6.45, 7) is 0. The van der Waals surface area contributed by atoms with Crippen LogP contribution in [0.15, 0.2) is 53.5 Å². The Kier molecular flexibility index (Phi) is 3.97. The number of pyridine rings is 1. The summed E-state index contributed by atoms with van der Waals surface area (Å²) in [6.07, 6.45) is 1.46. The van der Waals surface area contributed by atoms with Crippen molar-refractivity contribution in [2.24, 2.45) is 0 Å². The minimum atomic E-state index is -0.451. The van der Waals surface area contributed by atoms with Crippen LogP contribution in [0, 0.1) is 0 Å². The minimum Gasteiger partial charge on any atom is -0.503 e. The molecule has 0 radical (unpaired) electrons. The average Bonchev–Trinajstić information content (AvgIpc) is 2.25. The topological polar surface area (TPSA) is 79.1 Å². The third kappa shape index (κ3) is 3.99. The fraction of sp³-hybridized carbons (Fsp3) is 0. The van der Waals surface area contributed by atoms with Crippen LogP contribution in [0.2, 0.25) is 0 Å². The number of hydrogen-bond donors (Lipinski definition) is 3. The molecular formula is C11H12N2O2. The van der Waals surface area contributed by atoms with E-state index in [4.69, 9.17) is 10.8 Å². The van der Waals surface area contributed by atoms with Crippen LogP contribution in [0.5, 0.6) is 5.75 Å². The number of anilines is 1. The molecule has 4 heteroatoms. The minimum absolute atomic E-state index is 0.243. The van der Waals surface area contributed by atoms with E-state index in [1.54, 1.807) is 6.07 Å². The van der Waals surface area contributed by atoms with E-state index in [2.05, 4.69) is 4.98 Å². The zero-order chi connectivity index (χ0) is 11.1. The molecule has 0 saturated heterocycles. The largest absolute Gasteiger partial charge is 0.503 e. The summed E-state index contributed by atoms with van der Waals surface area (Å²) in [6, 6.07) is 12.4. The number of para-hydroxylation sites is 1. The van der Waals surface area contributed by atoms with Gasteiger partial charge >= 0.3 is 0 Å². The molecule has 0 amide bonds. The Hall–Kier alpha value is -2.23. The molecule has 0 unspecified atom stereocenters. The van der Waals surface area contributed by atoms with Crippen LogP contribution in [-0.4, -0.2) is 10.1 Å². The Morgan fingerprint density at radius 3 is 2.07 bits per heavy atom. The van der Waals surface area contributed by atoms with E-state index in [1.165, 1.54) is 12.3 Å².